The van der Waals surface area contributed by atoms with Gasteiger partial charge < -0.3 is 25.1 Å². The van der Waals surface area contributed by atoms with Crippen LogP contribution in [0.25, 0.3) is 10.9 Å². The number of hydrogen-bond donors (Lipinski definition) is 4. The number of fused-ring (bicyclic) bond motifs is 1. The number of benzene rings is 3. The molecule has 41 heavy (non-hydrogen) atoms. The molecule has 10 heteroatoms. The van der Waals surface area contributed by atoms with Gasteiger partial charge in [-0.15, -0.1) is 0 Å². The monoisotopic (exact) mass is 565 g/mol. The molecule has 0 aliphatic carbocycles. The van der Waals surface area contributed by atoms with Gasteiger partial charge in [0.1, 0.15) is 17.2 Å². The topological polar surface area (TPSA) is 108 Å². The molecule has 0 atom stereocenters. The van der Waals surface area contributed by atoms with Crippen molar-refractivity contribution in [2.24, 2.45) is 4.99 Å². The highest BCUT2D eigenvalue weighted by molar-refractivity contribution is 7.80. The Bertz CT molecular complexity index is 1650. The second-order valence-electron chi connectivity index (χ2n) is 9.32. The van der Waals surface area contributed by atoms with Crippen molar-refractivity contribution in [1.29, 1.82) is 0 Å². The fourth-order valence-corrected chi connectivity index (χ4v) is 4.49. The summed E-state index contributed by atoms with van der Waals surface area (Å²) < 4.78 is 11.3. The molecule has 2 aromatic heterocycles. The van der Waals surface area contributed by atoms with E-state index in [1.54, 1.807) is 7.11 Å². The molecule has 0 aliphatic rings. The zero-order valence-corrected chi connectivity index (χ0v) is 23.9. The average molecular weight is 566 g/mol. The van der Waals surface area contributed by atoms with E-state index in [-0.39, 0.29) is 0 Å². The highest BCUT2D eigenvalue weighted by atomic mass is 32.1. The molecule has 9 nitrogen and oxygen atoms in total. The van der Waals surface area contributed by atoms with Crippen LogP contribution in [0.5, 0.6) is 17.2 Å². The van der Waals surface area contributed by atoms with Crippen molar-refractivity contribution < 1.29 is 9.47 Å². The quantitative estimate of drug-likeness (QED) is 0.0976. The van der Waals surface area contributed by atoms with Gasteiger partial charge in [0, 0.05) is 40.7 Å². The van der Waals surface area contributed by atoms with Gasteiger partial charge in [-0.05, 0) is 98.7 Å². The Labute approximate surface area is 244 Å². The molecule has 3 aromatic carbocycles. The lowest BCUT2D eigenvalue weighted by Gasteiger charge is -2.15. The van der Waals surface area contributed by atoms with Crippen LogP contribution in [-0.2, 0) is 6.42 Å². The lowest BCUT2D eigenvalue weighted by atomic mass is 10.1. The molecule has 0 saturated carbocycles. The molecule has 0 radical (unpaired) electrons. The number of aryl methyl sites for hydroxylation is 2. The van der Waals surface area contributed by atoms with Gasteiger partial charge in [-0.1, -0.05) is 18.2 Å². The summed E-state index contributed by atoms with van der Waals surface area (Å²) in [6.45, 7) is 4.35. The maximum atomic E-state index is 5.87. The highest BCUT2D eigenvalue weighted by Gasteiger charge is 2.09. The number of H-pyrrole nitrogens is 1. The van der Waals surface area contributed by atoms with Gasteiger partial charge in [-0.2, -0.15) is 0 Å². The van der Waals surface area contributed by atoms with Crippen LogP contribution in [-0.4, -0.2) is 39.7 Å². The summed E-state index contributed by atoms with van der Waals surface area (Å²) in [5, 5.41) is 11.0. The Morgan fingerprint density at radius 2 is 1.59 bits per heavy atom. The third-order valence-corrected chi connectivity index (χ3v) is 6.37. The van der Waals surface area contributed by atoms with Crippen molar-refractivity contribution in [3.05, 3.63) is 102 Å². The fraction of sp³-hybridized carbons (Fsp3) is 0.161. The standard InChI is InChI=1S/C31H31N7O2S/c1-20-17-21(2)35-30(34-20)37-29(32-16-15-22-19-33-28-14-13-26(39-3)18-27(22)28)38-31(41)36-23-9-11-25(12-10-23)40-24-7-5-4-6-8-24/h4-14,17-19,33H,15-16H2,1-3H3,(H3,32,34,35,36,37,38,41). The number of methoxy groups -OCH3 is 1. The molecule has 0 saturated heterocycles. The first-order valence-electron chi connectivity index (χ1n) is 13.1. The molecule has 5 rings (SSSR count). The first-order chi connectivity index (χ1) is 19.9. The van der Waals surface area contributed by atoms with E-state index < -0.39 is 0 Å². The predicted octanol–water partition coefficient (Wildman–Crippen LogP) is 6.37. The minimum Gasteiger partial charge on any atom is -0.497 e. The molecule has 0 bridgehead atoms. The van der Waals surface area contributed by atoms with Gasteiger partial charge in [0.25, 0.3) is 0 Å². The molecule has 0 aliphatic heterocycles. The molecule has 0 spiro atoms. The van der Waals surface area contributed by atoms with E-state index >= 15 is 0 Å². The van der Waals surface area contributed by atoms with Crippen LogP contribution < -0.4 is 25.4 Å². The molecule has 208 valence electrons. The van der Waals surface area contributed by atoms with Gasteiger partial charge in [-0.25, -0.2) is 9.97 Å². The number of nitrogens with one attached hydrogen (secondary N) is 4. The molecule has 0 fully saturated rings. The van der Waals surface area contributed by atoms with Gasteiger partial charge in [0.05, 0.1) is 7.11 Å². The van der Waals surface area contributed by atoms with E-state index in [4.69, 9.17) is 26.7 Å². The third-order valence-electron chi connectivity index (χ3n) is 6.16. The number of anilines is 2. The van der Waals surface area contributed by atoms with E-state index in [9.17, 15) is 0 Å². The number of ether oxygens (including phenoxy) is 2. The van der Waals surface area contributed by atoms with Crippen LogP contribution in [0, 0.1) is 13.8 Å². The summed E-state index contributed by atoms with van der Waals surface area (Å²) in [6, 6.07) is 25.1. The van der Waals surface area contributed by atoms with E-state index in [1.807, 2.05) is 98.9 Å². The third kappa shape index (κ3) is 7.58. The SMILES string of the molecule is COc1ccc2[nH]cc(CCN=C(NC(=S)Nc3ccc(Oc4ccccc4)cc3)Nc3nc(C)cc(C)n3)c2c1. The maximum absolute atomic E-state index is 5.87. The van der Waals surface area contributed by atoms with E-state index in [2.05, 4.69) is 30.9 Å². The summed E-state index contributed by atoms with van der Waals surface area (Å²) in [5.74, 6) is 3.20. The van der Waals surface area contributed by atoms with Crippen molar-refractivity contribution in [1.82, 2.24) is 20.3 Å². The van der Waals surface area contributed by atoms with Gasteiger partial charge >= 0.3 is 0 Å². The Balaban J connectivity index is 1.27. The number of aromatic amines is 1. The lowest BCUT2D eigenvalue weighted by Crippen LogP contribution is -2.39. The number of aliphatic imine (C=N–C) groups is 1. The molecule has 2 heterocycles. The molecular weight excluding hydrogens is 534 g/mol. The minimum absolute atomic E-state index is 0.370. The summed E-state index contributed by atoms with van der Waals surface area (Å²) in [6.07, 6.45) is 2.71. The molecule has 0 unspecified atom stereocenters. The number of para-hydroxylation sites is 1. The second-order valence-corrected chi connectivity index (χ2v) is 9.73. The zero-order valence-electron chi connectivity index (χ0n) is 23.1. The van der Waals surface area contributed by atoms with Crippen molar-refractivity contribution in [3.8, 4) is 17.2 Å². The van der Waals surface area contributed by atoms with Crippen LogP contribution in [0.4, 0.5) is 11.6 Å². The smallest absolute Gasteiger partial charge is 0.229 e. The number of hydrogen-bond acceptors (Lipinski definition) is 6. The molecule has 5 aromatic rings. The largest absolute Gasteiger partial charge is 0.497 e. The maximum Gasteiger partial charge on any atom is 0.229 e. The first kappa shape index (κ1) is 27.6. The van der Waals surface area contributed by atoms with Crippen LogP contribution in [0.1, 0.15) is 17.0 Å². The second kappa shape index (κ2) is 12.9. The molecule has 4 N–H and O–H groups in total. The van der Waals surface area contributed by atoms with Gasteiger partial charge in [0.15, 0.2) is 5.11 Å². The summed E-state index contributed by atoms with van der Waals surface area (Å²) in [7, 11) is 1.67. The van der Waals surface area contributed by atoms with Crippen molar-refractivity contribution in [2.75, 3.05) is 24.3 Å². The lowest BCUT2D eigenvalue weighted by molar-refractivity contribution is 0.415. The number of rotatable bonds is 8. The normalized spacial score (nSPS) is 11.2. The summed E-state index contributed by atoms with van der Waals surface area (Å²) in [4.78, 5) is 17.1. The van der Waals surface area contributed by atoms with E-state index in [0.717, 1.165) is 50.8 Å². The van der Waals surface area contributed by atoms with E-state index in [0.29, 0.717) is 30.0 Å². The number of nitrogens with zero attached hydrogens (tertiary/aromatic N) is 3. The summed E-state index contributed by atoms with van der Waals surface area (Å²) >= 11 is 5.60. The van der Waals surface area contributed by atoms with Crippen LogP contribution in [0.3, 0.4) is 0 Å². The number of thiocarbonyl (C=S) groups is 1. The van der Waals surface area contributed by atoms with Crippen molar-refractivity contribution in [3.63, 3.8) is 0 Å². The Morgan fingerprint density at radius 3 is 2.32 bits per heavy atom. The van der Waals surface area contributed by atoms with Crippen LogP contribution in [0.15, 0.2) is 90.1 Å². The van der Waals surface area contributed by atoms with E-state index in [1.165, 1.54) is 0 Å². The molecule has 0 amide bonds. The Morgan fingerprint density at radius 1 is 0.878 bits per heavy atom. The van der Waals surface area contributed by atoms with Crippen LogP contribution >= 0.6 is 12.2 Å². The Hall–Kier alpha value is -4.96. The van der Waals surface area contributed by atoms with Crippen molar-refractivity contribution >= 4 is 45.8 Å². The number of aromatic nitrogens is 3. The minimum atomic E-state index is 0.370. The van der Waals surface area contributed by atoms with Gasteiger partial charge in [-0.3, -0.25) is 10.3 Å². The Kier molecular flexibility index (Phi) is 8.70. The first-order valence-corrected chi connectivity index (χ1v) is 13.5. The highest BCUT2D eigenvalue weighted by Crippen LogP contribution is 2.24. The summed E-state index contributed by atoms with van der Waals surface area (Å²) in [5.41, 5.74) is 4.70. The number of guanidine groups is 1. The fourth-order valence-electron chi connectivity index (χ4n) is 4.28. The predicted molar refractivity (Wildman–Crippen MR) is 168 cm³/mol. The van der Waals surface area contributed by atoms with Crippen LogP contribution in [0.2, 0.25) is 0 Å². The average Bonchev–Trinajstić information content (AvgIpc) is 3.36. The molecular formula is C31H31N7O2S. The zero-order chi connectivity index (χ0) is 28.6. The van der Waals surface area contributed by atoms with Gasteiger partial charge in [0.2, 0.25) is 11.9 Å². The van der Waals surface area contributed by atoms with Crippen molar-refractivity contribution in [2.45, 2.75) is 20.3 Å².